The maximum atomic E-state index is 12.7. The van der Waals surface area contributed by atoms with Crippen LogP contribution >= 0.6 is 0 Å². The van der Waals surface area contributed by atoms with Crippen molar-refractivity contribution < 1.29 is 9.59 Å². The summed E-state index contributed by atoms with van der Waals surface area (Å²) in [6, 6.07) is 6.11. The first-order chi connectivity index (χ1) is 11.1. The number of nitrogens with zero attached hydrogens (tertiary/aromatic N) is 2. The largest absolute Gasteiger partial charge is 0.360 e. The monoisotopic (exact) mass is 313 g/mol. The minimum absolute atomic E-state index is 0.111. The number of amides is 1. The van der Waals surface area contributed by atoms with Gasteiger partial charge in [-0.15, -0.1) is 0 Å². The van der Waals surface area contributed by atoms with Gasteiger partial charge in [0.05, 0.1) is 6.54 Å². The van der Waals surface area contributed by atoms with Crippen molar-refractivity contribution in [3.63, 3.8) is 0 Å². The predicted molar refractivity (Wildman–Crippen MR) is 90.7 cm³/mol. The van der Waals surface area contributed by atoms with E-state index in [9.17, 15) is 9.59 Å². The number of aryl methyl sites for hydroxylation is 1. The Morgan fingerprint density at radius 3 is 2.57 bits per heavy atom. The van der Waals surface area contributed by atoms with Crippen molar-refractivity contribution in [2.24, 2.45) is 0 Å². The van der Waals surface area contributed by atoms with E-state index in [1.807, 2.05) is 23.2 Å². The van der Waals surface area contributed by atoms with Gasteiger partial charge in [-0.1, -0.05) is 25.1 Å². The van der Waals surface area contributed by atoms with Gasteiger partial charge in [-0.25, -0.2) is 0 Å². The molecule has 0 atom stereocenters. The van der Waals surface area contributed by atoms with Crippen LogP contribution in [0.4, 0.5) is 0 Å². The number of aromatic nitrogens is 1. The molecule has 0 bridgehead atoms. The van der Waals surface area contributed by atoms with E-state index >= 15 is 0 Å². The zero-order chi connectivity index (χ0) is 16.4. The molecule has 5 heteroatoms. The number of aromatic amines is 1. The smallest absolute Gasteiger partial charge is 0.219 e. The topological polar surface area (TPSA) is 56.4 Å². The quantitative estimate of drug-likeness (QED) is 0.879. The van der Waals surface area contributed by atoms with Crippen molar-refractivity contribution in [1.82, 2.24) is 14.8 Å². The molecular weight excluding hydrogens is 290 g/mol. The Balaban J connectivity index is 1.71. The predicted octanol–water partition coefficient (Wildman–Crippen LogP) is 2.08. The molecule has 1 aliphatic heterocycles. The number of para-hydroxylation sites is 1. The summed E-state index contributed by atoms with van der Waals surface area (Å²) in [5, 5.41) is 1.01. The first kappa shape index (κ1) is 15.7. The molecule has 0 unspecified atom stereocenters. The van der Waals surface area contributed by atoms with Crippen LogP contribution in [0.15, 0.2) is 24.4 Å². The summed E-state index contributed by atoms with van der Waals surface area (Å²) in [6.07, 6.45) is 2.77. The Hall–Kier alpha value is -2.14. The highest BCUT2D eigenvalue weighted by atomic mass is 16.2. The normalized spacial score (nSPS) is 16.0. The highest BCUT2D eigenvalue weighted by Crippen LogP contribution is 2.23. The number of piperazine rings is 1. The number of carbonyl (C=O) groups is 2. The average Bonchev–Trinajstić information content (AvgIpc) is 2.99. The fraction of sp³-hybridized carbons (Fsp3) is 0.444. The number of Topliss-reactive ketones (excluding diaryl/α,β-unsaturated/α-hetero) is 1. The zero-order valence-corrected chi connectivity index (χ0v) is 13.8. The van der Waals surface area contributed by atoms with E-state index < -0.39 is 0 Å². The number of hydrogen-bond acceptors (Lipinski definition) is 3. The van der Waals surface area contributed by atoms with Gasteiger partial charge < -0.3 is 9.88 Å². The van der Waals surface area contributed by atoms with Crippen LogP contribution in [0.25, 0.3) is 10.9 Å². The standard InChI is InChI=1S/C18H23N3O2/c1-3-14-5-4-6-15-16(11-19-18(14)15)17(23)12-20-7-9-21(10-8-20)13(2)22/h4-6,11,19H,3,7-10,12H2,1-2H3. The van der Waals surface area contributed by atoms with Gasteiger partial charge >= 0.3 is 0 Å². The molecular formula is C18H23N3O2. The van der Waals surface area contributed by atoms with Crippen molar-refractivity contribution in [2.45, 2.75) is 20.3 Å². The Morgan fingerprint density at radius 1 is 1.17 bits per heavy atom. The number of carbonyl (C=O) groups excluding carboxylic acids is 2. The molecule has 1 N–H and O–H groups in total. The zero-order valence-electron chi connectivity index (χ0n) is 13.8. The van der Waals surface area contributed by atoms with E-state index in [0.29, 0.717) is 19.6 Å². The summed E-state index contributed by atoms with van der Waals surface area (Å²) >= 11 is 0. The van der Waals surface area contributed by atoms with Crippen molar-refractivity contribution in [1.29, 1.82) is 0 Å². The molecule has 1 saturated heterocycles. The summed E-state index contributed by atoms with van der Waals surface area (Å²) in [4.78, 5) is 31.2. The third-order valence-electron chi connectivity index (χ3n) is 4.67. The number of benzene rings is 1. The minimum Gasteiger partial charge on any atom is -0.360 e. The molecule has 122 valence electrons. The van der Waals surface area contributed by atoms with Crippen LogP contribution in [0, 0.1) is 0 Å². The second-order valence-electron chi connectivity index (χ2n) is 6.10. The molecule has 1 amide bonds. The van der Waals surface area contributed by atoms with Gasteiger partial charge in [-0.2, -0.15) is 0 Å². The molecule has 0 aliphatic carbocycles. The molecule has 0 radical (unpaired) electrons. The van der Waals surface area contributed by atoms with Gasteiger partial charge in [-0.05, 0) is 12.0 Å². The lowest BCUT2D eigenvalue weighted by Gasteiger charge is -2.33. The van der Waals surface area contributed by atoms with Gasteiger partial charge in [-0.3, -0.25) is 14.5 Å². The van der Waals surface area contributed by atoms with Crippen LogP contribution in [0.2, 0.25) is 0 Å². The second-order valence-corrected chi connectivity index (χ2v) is 6.10. The molecule has 1 fully saturated rings. The van der Waals surface area contributed by atoms with Gasteiger partial charge in [0.25, 0.3) is 0 Å². The number of nitrogens with one attached hydrogen (secondary N) is 1. The highest BCUT2D eigenvalue weighted by molar-refractivity contribution is 6.09. The maximum Gasteiger partial charge on any atom is 0.219 e. The van der Waals surface area contributed by atoms with Crippen molar-refractivity contribution in [2.75, 3.05) is 32.7 Å². The van der Waals surface area contributed by atoms with E-state index in [-0.39, 0.29) is 11.7 Å². The molecule has 0 saturated carbocycles. The van der Waals surface area contributed by atoms with E-state index in [2.05, 4.69) is 22.9 Å². The molecule has 2 heterocycles. The van der Waals surface area contributed by atoms with Crippen LogP contribution in [0.1, 0.15) is 29.8 Å². The van der Waals surface area contributed by atoms with Crippen LogP contribution < -0.4 is 0 Å². The Bertz CT molecular complexity index is 727. The SMILES string of the molecule is CCc1cccc2c(C(=O)CN3CCN(C(C)=O)CC3)c[nH]c12. The fourth-order valence-electron chi connectivity index (χ4n) is 3.25. The average molecular weight is 313 g/mol. The third kappa shape index (κ3) is 3.15. The Morgan fingerprint density at radius 2 is 1.91 bits per heavy atom. The summed E-state index contributed by atoms with van der Waals surface area (Å²) in [5.74, 6) is 0.250. The Labute approximate surface area is 136 Å². The lowest BCUT2D eigenvalue weighted by atomic mass is 10.0. The molecule has 1 aromatic heterocycles. The van der Waals surface area contributed by atoms with E-state index in [0.717, 1.165) is 36.0 Å². The highest BCUT2D eigenvalue weighted by Gasteiger charge is 2.22. The second kappa shape index (κ2) is 6.54. The lowest BCUT2D eigenvalue weighted by Crippen LogP contribution is -2.49. The summed E-state index contributed by atoms with van der Waals surface area (Å²) in [7, 11) is 0. The van der Waals surface area contributed by atoms with Crippen molar-refractivity contribution >= 4 is 22.6 Å². The van der Waals surface area contributed by atoms with Crippen molar-refractivity contribution in [3.8, 4) is 0 Å². The first-order valence-corrected chi connectivity index (χ1v) is 8.20. The van der Waals surface area contributed by atoms with E-state index in [1.165, 1.54) is 5.56 Å². The van der Waals surface area contributed by atoms with Crippen LogP contribution in [-0.4, -0.2) is 59.2 Å². The minimum atomic E-state index is 0.111. The molecule has 23 heavy (non-hydrogen) atoms. The number of hydrogen-bond donors (Lipinski definition) is 1. The van der Waals surface area contributed by atoms with Gasteiger partial charge in [0.1, 0.15) is 0 Å². The number of H-pyrrole nitrogens is 1. The van der Waals surface area contributed by atoms with Crippen molar-refractivity contribution in [3.05, 3.63) is 35.5 Å². The molecule has 3 rings (SSSR count). The van der Waals surface area contributed by atoms with Crippen LogP contribution in [-0.2, 0) is 11.2 Å². The summed E-state index contributed by atoms with van der Waals surface area (Å²) < 4.78 is 0. The number of fused-ring (bicyclic) bond motifs is 1. The third-order valence-corrected chi connectivity index (χ3v) is 4.67. The molecule has 0 spiro atoms. The van der Waals surface area contributed by atoms with E-state index in [1.54, 1.807) is 6.92 Å². The van der Waals surface area contributed by atoms with E-state index in [4.69, 9.17) is 0 Å². The molecule has 2 aromatic rings. The lowest BCUT2D eigenvalue weighted by molar-refractivity contribution is -0.130. The molecule has 1 aliphatic rings. The fourth-order valence-corrected chi connectivity index (χ4v) is 3.25. The summed E-state index contributed by atoms with van der Waals surface area (Å²) in [5.41, 5.74) is 3.07. The summed E-state index contributed by atoms with van der Waals surface area (Å²) in [6.45, 7) is 7.05. The van der Waals surface area contributed by atoms with Gasteiger partial charge in [0.2, 0.25) is 5.91 Å². The molecule has 1 aromatic carbocycles. The number of rotatable bonds is 4. The van der Waals surface area contributed by atoms with Crippen LogP contribution in [0.3, 0.4) is 0 Å². The molecule has 5 nitrogen and oxygen atoms in total. The van der Waals surface area contributed by atoms with Gasteiger partial charge in [0.15, 0.2) is 5.78 Å². The Kier molecular flexibility index (Phi) is 4.48. The maximum absolute atomic E-state index is 12.7. The van der Waals surface area contributed by atoms with Gasteiger partial charge in [0, 0.05) is 55.8 Å². The first-order valence-electron chi connectivity index (χ1n) is 8.20. The number of ketones is 1. The van der Waals surface area contributed by atoms with Crippen LogP contribution in [0.5, 0.6) is 0 Å².